The number of nitrogens with two attached hydrogens (primary N) is 1. The van der Waals surface area contributed by atoms with Gasteiger partial charge >= 0.3 is 0 Å². The van der Waals surface area contributed by atoms with Gasteiger partial charge in [0.25, 0.3) is 6.43 Å². The lowest BCUT2D eigenvalue weighted by Gasteiger charge is -2.16. The molecule has 1 aliphatic rings. The second kappa shape index (κ2) is 6.19. The first-order valence-corrected chi connectivity index (χ1v) is 6.74. The molecule has 0 saturated carbocycles. The van der Waals surface area contributed by atoms with Crippen molar-refractivity contribution < 1.29 is 8.78 Å². The zero-order valence-corrected chi connectivity index (χ0v) is 11.2. The van der Waals surface area contributed by atoms with Crippen LogP contribution in [0, 0.1) is 5.92 Å². The van der Waals surface area contributed by atoms with E-state index in [1.54, 1.807) is 12.1 Å². The second-order valence-corrected chi connectivity index (χ2v) is 5.08. The molecule has 1 heterocycles. The van der Waals surface area contributed by atoms with Gasteiger partial charge in [-0.1, -0.05) is 6.92 Å². The molecule has 5 heteroatoms. The van der Waals surface area contributed by atoms with Crippen molar-refractivity contribution in [1.82, 2.24) is 4.90 Å². The summed E-state index contributed by atoms with van der Waals surface area (Å²) in [5.74, 6) is 0.531. The molecule has 0 aliphatic carbocycles. The Morgan fingerprint density at radius 2 is 2.26 bits per heavy atom. The van der Waals surface area contributed by atoms with Crippen LogP contribution < -0.4 is 11.1 Å². The minimum absolute atomic E-state index is 0.00894. The molecule has 19 heavy (non-hydrogen) atoms. The maximum Gasteiger partial charge on any atom is 0.265 e. The first kappa shape index (κ1) is 14.1. The molecule has 0 amide bonds. The Bertz CT molecular complexity index is 423. The first-order valence-electron chi connectivity index (χ1n) is 6.74. The number of halogens is 2. The topological polar surface area (TPSA) is 41.3 Å². The molecule has 1 atom stereocenters. The summed E-state index contributed by atoms with van der Waals surface area (Å²) in [5, 5.41) is 3.15. The van der Waals surface area contributed by atoms with Crippen molar-refractivity contribution in [1.29, 1.82) is 0 Å². The van der Waals surface area contributed by atoms with Crippen LogP contribution in [0.4, 0.5) is 20.2 Å². The van der Waals surface area contributed by atoms with E-state index in [9.17, 15) is 8.78 Å². The molecule has 1 aromatic rings. The summed E-state index contributed by atoms with van der Waals surface area (Å²) in [5.41, 5.74) is 6.42. The highest BCUT2D eigenvalue weighted by molar-refractivity contribution is 5.58. The van der Waals surface area contributed by atoms with E-state index in [0.717, 1.165) is 32.6 Å². The van der Waals surface area contributed by atoms with E-state index < -0.39 is 6.43 Å². The van der Waals surface area contributed by atoms with Crippen LogP contribution in [0.25, 0.3) is 0 Å². The third kappa shape index (κ3) is 3.56. The average Bonchev–Trinajstić information content (AvgIpc) is 2.85. The van der Waals surface area contributed by atoms with Crippen LogP contribution >= 0.6 is 0 Å². The number of nitrogens with zero attached hydrogens (tertiary/aromatic N) is 1. The summed E-state index contributed by atoms with van der Waals surface area (Å²) < 4.78 is 25.8. The predicted molar refractivity (Wildman–Crippen MR) is 74.5 cm³/mol. The molecule has 0 radical (unpaired) electrons. The zero-order valence-electron chi connectivity index (χ0n) is 11.2. The van der Waals surface area contributed by atoms with Crippen LogP contribution in [0.3, 0.4) is 0 Å². The molecule has 106 valence electrons. The number of benzene rings is 1. The minimum atomic E-state index is -2.50. The largest absolute Gasteiger partial charge is 0.399 e. The fraction of sp³-hybridized carbons (Fsp3) is 0.571. The number of likely N-dealkylation sites (tertiary alicyclic amines) is 1. The van der Waals surface area contributed by atoms with Crippen molar-refractivity contribution in [2.24, 2.45) is 5.92 Å². The van der Waals surface area contributed by atoms with E-state index in [2.05, 4.69) is 17.1 Å². The molecule has 0 bridgehead atoms. The van der Waals surface area contributed by atoms with E-state index in [4.69, 9.17) is 5.73 Å². The molecule has 1 fully saturated rings. The zero-order chi connectivity index (χ0) is 13.8. The Balaban J connectivity index is 1.96. The van der Waals surface area contributed by atoms with Gasteiger partial charge in [-0.15, -0.1) is 0 Å². The van der Waals surface area contributed by atoms with Crippen molar-refractivity contribution in [3.8, 4) is 0 Å². The lowest BCUT2D eigenvalue weighted by atomic mass is 10.1. The number of alkyl halides is 2. The van der Waals surface area contributed by atoms with Gasteiger partial charge in [0.2, 0.25) is 0 Å². The van der Waals surface area contributed by atoms with Crippen molar-refractivity contribution in [3.63, 3.8) is 0 Å². The summed E-state index contributed by atoms with van der Waals surface area (Å²) in [7, 11) is 0. The first-order chi connectivity index (χ1) is 9.10. The van der Waals surface area contributed by atoms with Crippen LogP contribution in [-0.4, -0.2) is 31.1 Å². The van der Waals surface area contributed by atoms with Gasteiger partial charge in [-0.25, -0.2) is 8.78 Å². The smallest absolute Gasteiger partial charge is 0.265 e. The van der Waals surface area contributed by atoms with Gasteiger partial charge in [-0.05, 0) is 43.6 Å². The summed E-state index contributed by atoms with van der Waals surface area (Å²) >= 11 is 0. The quantitative estimate of drug-likeness (QED) is 0.807. The molecule has 1 saturated heterocycles. The fourth-order valence-electron chi connectivity index (χ4n) is 2.54. The highest BCUT2D eigenvalue weighted by Gasteiger charge is 2.21. The Morgan fingerprint density at radius 3 is 2.89 bits per heavy atom. The Kier molecular flexibility index (Phi) is 4.58. The van der Waals surface area contributed by atoms with Crippen molar-refractivity contribution in [2.75, 3.05) is 37.2 Å². The molecular formula is C14H21F2N3. The summed E-state index contributed by atoms with van der Waals surface area (Å²) in [4.78, 5) is 2.38. The standard InChI is InChI=1S/C14H21F2N3/c1-2-19-6-5-10(9-19)8-18-13-4-3-11(17)7-12(13)14(15)16/h3-4,7,10,14,18H,2,5-6,8-9,17H2,1H3. The molecular weight excluding hydrogens is 248 g/mol. The van der Waals surface area contributed by atoms with Crippen LogP contribution in [0.1, 0.15) is 25.3 Å². The summed E-state index contributed by atoms with van der Waals surface area (Å²) in [6.45, 7) is 6.08. The Labute approximate surface area is 112 Å². The SMILES string of the molecule is CCN1CCC(CNc2ccc(N)cc2C(F)F)C1. The van der Waals surface area contributed by atoms with Crippen LogP contribution in [0.15, 0.2) is 18.2 Å². The van der Waals surface area contributed by atoms with E-state index in [1.807, 2.05) is 0 Å². The van der Waals surface area contributed by atoms with Crippen molar-refractivity contribution in [3.05, 3.63) is 23.8 Å². The van der Waals surface area contributed by atoms with Crippen LogP contribution in [-0.2, 0) is 0 Å². The van der Waals surface area contributed by atoms with Gasteiger partial charge in [-0.3, -0.25) is 0 Å². The monoisotopic (exact) mass is 269 g/mol. The lowest BCUT2D eigenvalue weighted by molar-refractivity contribution is 0.152. The number of anilines is 2. The number of hydrogen-bond acceptors (Lipinski definition) is 3. The van der Waals surface area contributed by atoms with Crippen molar-refractivity contribution >= 4 is 11.4 Å². The number of hydrogen-bond donors (Lipinski definition) is 2. The third-order valence-corrected chi connectivity index (χ3v) is 3.71. The minimum Gasteiger partial charge on any atom is -0.399 e. The van der Waals surface area contributed by atoms with E-state index in [0.29, 0.717) is 17.3 Å². The maximum absolute atomic E-state index is 12.9. The number of nitrogen functional groups attached to an aromatic ring is 1. The fourth-order valence-corrected chi connectivity index (χ4v) is 2.54. The molecule has 1 unspecified atom stereocenters. The molecule has 3 nitrogen and oxygen atoms in total. The van der Waals surface area contributed by atoms with E-state index in [-0.39, 0.29) is 5.56 Å². The molecule has 0 spiro atoms. The molecule has 1 aromatic carbocycles. The Morgan fingerprint density at radius 1 is 1.47 bits per heavy atom. The van der Waals surface area contributed by atoms with E-state index in [1.165, 1.54) is 6.07 Å². The predicted octanol–water partition coefficient (Wildman–Crippen LogP) is 2.96. The molecule has 0 aromatic heterocycles. The highest BCUT2D eigenvalue weighted by Crippen LogP contribution is 2.29. The molecule has 1 aliphatic heterocycles. The van der Waals surface area contributed by atoms with Gasteiger partial charge in [0.1, 0.15) is 0 Å². The average molecular weight is 269 g/mol. The second-order valence-electron chi connectivity index (χ2n) is 5.08. The van der Waals surface area contributed by atoms with Crippen LogP contribution in [0.5, 0.6) is 0 Å². The normalized spacial score (nSPS) is 20.1. The van der Waals surface area contributed by atoms with Gasteiger partial charge in [0.05, 0.1) is 0 Å². The third-order valence-electron chi connectivity index (χ3n) is 3.71. The molecule has 3 N–H and O–H groups in total. The van der Waals surface area contributed by atoms with Gasteiger partial charge in [-0.2, -0.15) is 0 Å². The summed E-state index contributed by atoms with van der Waals surface area (Å²) in [6, 6.07) is 4.64. The summed E-state index contributed by atoms with van der Waals surface area (Å²) in [6.07, 6.45) is -1.37. The van der Waals surface area contributed by atoms with Gasteiger partial charge < -0.3 is 16.0 Å². The number of nitrogens with one attached hydrogen (secondary N) is 1. The number of rotatable bonds is 5. The highest BCUT2D eigenvalue weighted by atomic mass is 19.3. The van der Waals surface area contributed by atoms with Crippen LogP contribution in [0.2, 0.25) is 0 Å². The Hall–Kier alpha value is -1.36. The maximum atomic E-state index is 12.9. The van der Waals surface area contributed by atoms with Crippen molar-refractivity contribution in [2.45, 2.75) is 19.8 Å². The van der Waals surface area contributed by atoms with Gasteiger partial charge in [0.15, 0.2) is 0 Å². The molecule has 2 rings (SSSR count). The lowest BCUT2D eigenvalue weighted by Crippen LogP contribution is -2.22. The van der Waals surface area contributed by atoms with Gasteiger partial charge in [0, 0.05) is 30.0 Å². The van der Waals surface area contributed by atoms with E-state index >= 15 is 0 Å².